The molecule has 2 fully saturated rings. The third-order valence-corrected chi connectivity index (χ3v) is 6.28. The maximum atomic E-state index is 13.2. The van der Waals surface area contributed by atoms with Crippen molar-refractivity contribution >= 4 is 16.8 Å². The first kappa shape index (κ1) is 17.5. The average molecular weight is 406 g/mol. The van der Waals surface area contributed by atoms with Crippen LogP contribution in [0.5, 0.6) is 0 Å². The van der Waals surface area contributed by atoms with Gasteiger partial charge >= 0.3 is 5.69 Å². The number of piperidine rings is 1. The number of carbonyl (C=O) groups excluding carboxylic acids is 1. The van der Waals surface area contributed by atoms with Gasteiger partial charge in [0, 0.05) is 36.7 Å². The van der Waals surface area contributed by atoms with Gasteiger partial charge in [0.25, 0.3) is 11.5 Å². The van der Waals surface area contributed by atoms with Crippen LogP contribution in [0.1, 0.15) is 34.8 Å². The molecule has 3 aromatic rings. The van der Waals surface area contributed by atoms with Crippen LogP contribution in [-0.2, 0) is 9.47 Å². The van der Waals surface area contributed by atoms with Gasteiger partial charge in [-0.15, -0.1) is 0 Å². The van der Waals surface area contributed by atoms with Gasteiger partial charge in [-0.3, -0.25) is 14.6 Å². The molecule has 9 nitrogen and oxygen atoms in total. The predicted octanol–water partition coefficient (Wildman–Crippen LogP) is 1.11. The molecule has 3 aliphatic heterocycles. The minimum atomic E-state index is -0.720. The van der Waals surface area contributed by atoms with E-state index in [1.165, 1.54) is 12.4 Å². The number of carbonyl (C=O) groups is 1. The maximum Gasteiger partial charge on any atom is 0.333 e. The van der Waals surface area contributed by atoms with E-state index < -0.39 is 17.0 Å². The summed E-state index contributed by atoms with van der Waals surface area (Å²) in [6, 6.07) is 6.39. The quantitative estimate of drug-likeness (QED) is 0.649. The number of H-pyrrole nitrogens is 1. The molecule has 3 aliphatic rings. The zero-order valence-electron chi connectivity index (χ0n) is 16.0. The smallest absolute Gasteiger partial charge is 0.333 e. The van der Waals surface area contributed by atoms with Gasteiger partial charge in [-0.2, -0.15) is 0 Å². The normalized spacial score (nSPS) is 21.9. The lowest BCUT2D eigenvalue weighted by Gasteiger charge is -2.40. The molecule has 0 bridgehead atoms. The molecule has 2 aromatic heterocycles. The van der Waals surface area contributed by atoms with Gasteiger partial charge in [-0.25, -0.2) is 9.36 Å². The summed E-state index contributed by atoms with van der Waals surface area (Å²) in [7, 11) is 0. The Hall–Kier alpha value is -3.30. The number of hydrogen-bond donors (Lipinski definition) is 1. The van der Waals surface area contributed by atoms with E-state index in [0.717, 1.165) is 4.57 Å². The van der Waals surface area contributed by atoms with Crippen LogP contribution in [0.2, 0.25) is 0 Å². The molecular formula is C21H18N4O5. The predicted molar refractivity (Wildman–Crippen MR) is 106 cm³/mol. The molecular weight excluding hydrogens is 388 g/mol. The summed E-state index contributed by atoms with van der Waals surface area (Å²) >= 11 is 0. The number of nitrogens with one attached hydrogen (secondary N) is 1. The Balaban J connectivity index is 1.58. The van der Waals surface area contributed by atoms with Crippen LogP contribution in [0, 0.1) is 0 Å². The van der Waals surface area contributed by atoms with Gasteiger partial charge < -0.3 is 19.4 Å². The van der Waals surface area contributed by atoms with E-state index in [-0.39, 0.29) is 11.9 Å². The molecule has 1 N–H and O–H groups in total. The van der Waals surface area contributed by atoms with Crippen LogP contribution in [0.25, 0.3) is 16.6 Å². The fourth-order valence-electron chi connectivity index (χ4n) is 4.94. The second-order valence-corrected chi connectivity index (χ2v) is 7.81. The van der Waals surface area contributed by atoms with Gasteiger partial charge in [0.1, 0.15) is 0 Å². The van der Waals surface area contributed by atoms with Crippen LogP contribution in [0.3, 0.4) is 0 Å². The standard InChI is InChI=1S/C21H18N4O5/c26-18-13-2-1-3-15(25-19(27)12-4-6-22-11-14(12)23-20(25)28)17(13)16-10-21(5-7-24(16)18)29-8-9-30-21/h1-4,6,11,16H,5,7-10H2,(H,23,28). The first-order chi connectivity index (χ1) is 14.6. The second-order valence-electron chi connectivity index (χ2n) is 7.81. The van der Waals surface area contributed by atoms with Crippen molar-refractivity contribution in [3.63, 3.8) is 0 Å². The van der Waals surface area contributed by atoms with Crippen LogP contribution in [0.15, 0.2) is 46.2 Å². The SMILES string of the molecule is O=C1c2cccc(-n3c(=O)[nH]c4cnccc4c3=O)c2C2CC3(CCN12)OCCO3. The molecule has 6 rings (SSSR count). The first-order valence-electron chi connectivity index (χ1n) is 9.89. The van der Waals surface area contributed by atoms with E-state index in [1.54, 1.807) is 29.2 Å². The largest absolute Gasteiger partial charge is 0.347 e. The van der Waals surface area contributed by atoms with Crippen molar-refractivity contribution in [2.75, 3.05) is 19.8 Å². The molecule has 1 spiro atoms. The van der Waals surface area contributed by atoms with Gasteiger partial charge in [-0.05, 0) is 18.2 Å². The maximum absolute atomic E-state index is 13.2. The molecule has 2 saturated heterocycles. The molecule has 0 aliphatic carbocycles. The Bertz CT molecular complexity index is 1320. The number of aromatic amines is 1. The Labute approximate surface area is 169 Å². The number of nitrogens with zero attached hydrogens (tertiary/aromatic N) is 3. The third-order valence-electron chi connectivity index (χ3n) is 6.28. The van der Waals surface area contributed by atoms with Crippen molar-refractivity contribution in [2.24, 2.45) is 0 Å². The molecule has 30 heavy (non-hydrogen) atoms. The molecule has 1 aromatic carbocycles. The fourth-order valence-corrected chi connectivity index (χ4v) is 4.94. The van der Waals surface area contributed by atoms with Crippen LogP contribution >= 0.6 is 0 Å². The Morgan fingerprint density at radius 1 is 1.13 bits per heavy atom. The van der Waals surface area contributed by atoms with Crippen LogP contribution in [-0.4, -0.2) is 50.9 Å². The third kappa shape index (κ3) is 2.30. The summed E-state index contributed by atoms with van der Waals surface area (Å²) < 4.78 is 12.9. The van der Waals surface area contributed by atoms with Gasteiger partial charge in [0.2, 0.25) is 0 Å². The lowest BCUT2D eigenvalue weighted by Crippen LogP contribution is -2.46. The highest BCUT2D eigenvalue weighted by molar-refractivity contribution is 6.00. The van der Waals surface area contributed by atoms with Gasteiger partial charge in [0.05, 0.1) is 42.0 Å². The molecule has 1 atom stereocenters. The summed E-state index contributed by atoms with van der Waals surface area (Å²) in [5.41, 5.74) is 0.940. The number of ether oxygens (including phenoxy) is 2. The molecule has 0 radical (unpaired) electrons. The van der Waals surface area contributed by atoms with E-state index in [0.29, 0.717) is 60.3 Å². The van der Waals surface area contributed by atoms with Crippen molar-refractivity contribution in [1.29, 1.82) is 0 Å². The summed E-state index contributed by atoms with van der Waals surface area (Å²) in [6.45, 7) is 1.53. The number of benzene rings is 1. The second kappa shape index (κ2) is 6.10. The highest BCUT2D eigenvalue weighted by Gasteiger charge is 2.50. The van der Waals surface area contributed by atoms with Gasteiger partial charge in [-0.1, -0.05) is 6.07 Å². The molecule has 9 heteroatoms. The van der Waals surface area contributed by atoms with Crippen molar-refractivity contribution in [3.8, 4) is 5.69 Å². The van der Waals surface area contributed by atoms with Crippen molar-refractivity contribution < 1.29 is 14.3 Å². The lowest BCUT2D eigenvalue weighted by atomic mass is 9.91. The highest BCUT2D eigenvalue weighted by atomic mass is 16.7. The van der Waals surface area contributed by atoms with Crippen molar-refractivity contribution in [1.82, 2.24) is 19.4 Å². The number of fused-ring (bicyclic) bond motifs is 4. The van der Waals surface area contributed by atoms with Crippen LogP contribution in [0.4, 0.5) is 0 Å². The van der Waals surface area contributed by atoms with E-state index in [4.69, 9.17) is 9.47 Å². The summed E-state index contributed by atoms with van der Waals surface area (Å²) in [5.74, 6) is -0.818. The van der Waals surface area contributed by atoms with E-state index >= 15 is 0 Å². The molecule has 1 unspecified atom stereocenters. The highest BCUT2D eigenvalue weighted by Crippen LogP contribution is 2.47. The molecule has 0 saturated carbocycles. The molecule has 5 heterocycles. The zero-order valence-corrected chi connectivity index (χ0v) is 16.0. The average Bonchev–Trinajstić information content (AvgIpc) is 3.31. The fraction of sp³-hybridized carbons (Fsp3) is 0.333. The van der Waals surface area contributed by atoms with Crippen LogP contribution < -0.4 is 11.2 Å². The topological polar surface area (TPSA) is 107 Å². The number of amides is 1. The first-order valence-corrected chi connectivity index (χ1v) is 9.89. The molecule has 152 valence electrons. The Kier molecular flexibility index (Phi) is 3.57. The van der Waals surface area contributed by atoms with E-state index in [9.17, 15) is 14.4 Å². The zero-order chi connectivity index (χ0) is 20.5. The number of pyridine rings is 1. The summed E-state index contributed by atoms with van der Waals surface area (Å²) in [5, 5.41) is 0.353. The van der Waals surface area contributed by atoms with Crippen molar-refractivity contribution in [2.45, 2.75) is 24.7 Å². The minimum absolute atomic E-state index is 0.0980. The summed E-state index contributed by atoms with van der Waals surface area (Å²) in [4.78, 5) is 47.6. The summed E-state index contributed by atoms with van der Waals surface area (Å²) in [6.07, 6.45) is 4.02. The molecule has 1 amide bonds. The Morgan fingerprint density at radius 3 is 2.80 bits per heavy atom. The lowest BCUT2D eigenvalue weighted by molar-refractivity contribution is -0.191. The Morgan fingerprint density at radius 2 is 1.97 bits per heavy atom. The van der Waals surface area contributed by atoms with Gasteiger partial charge in [0.15, 0.2) is 5.79 Å². The monoisotopic (exact) mass is 406 g/mol. The number of hydrogen-bond acceptors (Lipinski definition) is 6. The van der Waals surface area contributed by atoms with E-state index in [1.807, 2.05) is 0 Å². The number of aromatic nitrogens is 3. The minimum Gasteiger partial charge on any atom is -0.347 e. The van der Waals surface area contributed by atoms with Crippen molar-refractivity contribution in [3.05, 3.63) is 68.6 Å². The van der Waals surface area contributed by atoms with E-state index in [2.05, 4.69) is 9.97 Å². The number of rotatable bonds is 1.